The summed E-state index contributed by atoms with van der Waals surface area (Å²) in [4.78, 5) is 6.68. The van der Waals surface area contributed by atoms with Gasteiger partial charge < -0.3 is 9.32 Å². The van der Waals surface area contributed by atoms with Gasteiger partial charge in [0.05, 0.1) is 4.90 Å². The Morgan fingerprint density at radius 2 is 1.76 bits per heavy atom. The highest BCUT2D eigenvalue weighted by Gasteiger charge is 2.28. The highest BCUT2D eigenvalue weighted by Crippen LogP contribution is 2.33. The zero-order valence-electron chi connectivity index (χ0n) is 17.4. The molecule has 0 bridgehead atoms. The number of piperidine rings is 1. The van der Waals surface area contributed by atoms with Crippen LogP contribution in [0.4, 0.5) is 5.88 Å². The van der Waals surface area contributed by atoms with Gasteiger partial charge in [0.25, 0.3) is 0 Å². The van der Waals surface area contributed by atoms with Gasteiger partial charge in [-0.1, -0.05) is 27.7 Å². The van der Waals surface area contributed by atoms with E-state index in [0.717, 1.165) is 19.5 Å². The van der Waals surface area contributed by atoms with E-state index < -0.39 is 10.0 Å². The van der Waals surface area contributed by atoms with E-state index in [2.05, 4.69) is 29.8 Å². The minimum absolute atomic E-state index is 0.232. The molecule has 1 aromatic carbocycles. The number of sulfonamides is 1. The van der Waals surface area contributed by atoms with Crippen LogP contribution in [-0.2, 0) is 10.0 Å². The molecule has 1 aromatic heterocycles. The van der Waals surface area contributed by atoms with Crippen LogP contribution in [0, 0.1) is 23.2 Å². The zero-order valence-corrected chi connectivity index (χ0v) is 18.2. The molecule has 3 rings (SSSR count). The Bertz CT molecular complexity index is 978. The summed E-state index contributed by atoms with van der Waals surface area (Å²) in [5, 5.41) is 9.52. The van der Waals surface area contributed by atoms with Gasteiger partial charge in [0.2, 0.25) is 27.5 Å². The molecule has 0 spiro atoms. The van der Waals surface area contributed by atoms with Crippen LogP contribution in [0.2, 0.25) is 0 Å². The van der Waals surface area contributed by atoms with Gasteiger partial charge in [0.15, 0.2) is 0 Å². The number of hydrogen-bond acceptors (Lipinski definition) is 6. The first kappa shape index (κ1) is 21.3. The summed E-state index contributed by atoms with van der Waals surface area (Å²) in [5.74, 6) is 1.86. The number of benzene rings is 1. The van der Waals surface area contributed by atoms with Crippen LogP contribution in [0.15, 0.2) is 33.6 Å². The minimum Gasteiger partial charge on any atom is -0.419 e. The lowest BCUT2D eigenvalue weighted by Crippen LogP contribution is -2.38. The molecule has 1 aliphatic rings. The number of aromatic nitrogens is 1. The highest BCUT2D eigenvalue weighted by atomic mass is 32.2. The molecule has 0 saturated carbocycles. The van der Waals surface area contributed by atoms with Gasteiger partial charge in [-0.3, -0.25) is 0 Å². The maximum atomic E-state index is 12.7. The van der Waals surface area contributed by atoms with Crippen LogP contribution < -0.4 is 4.90 Å². The van der Waals surface area contributed by atoms with E-state index in [-0.39, 0.29) is 10.6 Å². The molecular weight excluding hydrogens is 388 g/mol. The third-order valence-electron chi connectivity index (χ3n) is 5.32. The Balaban J connectivity index is 1.90. The van der Waals surface area contributed by atoms with E-state index in [1.54, 1.807) is 24.3 Å². The molecule has 7 nitrogen and oxygen atoms in total. The van der Waals surface area contributed by atoms with E-state index in [4.69, 9.17) is 4.42 Å². The van der Waals surface area contributed by atoms with Gasteiger partial charge in [-0.05, 0) is 42.5 Å². The third-order valence-corrected chi connectivity index (χ3v) is 7.38. The normalized spacial score (nSPS) is 20.1. The molecule has 1 fully saturated rings. The fourth-order valence-corrected chi connectivity index (χ4v) is 5.49. The van der Waals surface area contributed by atoms with E-state index in [9.17, 15) is 13.7 Å². The smallest absolute Gasteiger partial charge is 0.243 e. The first-order valence-corrected chi connectivity index (χ1v) is 11.5. The summed E-state index contributed by atoms with van der Waals surface area (Å²) in [5.41, 5.74) is 0.908. The molecule has 0 radical (unpaired) electrons. The second-order valence-electron chi connectivity index (χ2n) is 7.75. The zero-order chi connectivity index (χ0) is 21.2. The second kappa shape index (κ2) is 8.56. The van der Waals surface area contributed by atoms with Crippen LogP contribution in [0.5, 0.6) is 0 Å². The Morgan fingerprint density at radius 1 is 1.17 bits per heavy atom. The van der Waals surface area contributed by atoms with Crippen molar-refractivity contribution in [2.45, 2.75) is 39.0 Å². The van der Waals surface area contributed by atoms with Crippen molar-refractivity contribution in [3.63, 3.8) is 0 Å². The third kappa shape index (κ3) is 4.31. The van der Waals surface area contributed by atoms with Crippen molar-refractivity contribution in [1.29, 1.82) is 5.26 Å². The quantitative estimate of drug-likeness (QED) is 0.713. The first-order chi connectivity index (χ1) is 13.8. The summed E-state index contributed by atoms with van der Waals surface area (Å²) in [6, 6.07) is 8.60. The van der Waals surface area contributed by atoms with Gasteiger partial charge in [-0.25, -0.2) is 8.42 Å². The SMILES string of the molecule is CCN(CC)S(=O)(=O)c1ccc(-c2nc(C#N)c(N3C[C@@H](C)C[C@H](C)C3)o2)cc1. The molecule has 29 heavy (non-hydrogen) atoms. The molecule has 0 unspecified atom stereocenters. The van der Waals surface area contributed by atoms with Crippen molar-refractivity contribution in [1.82, 2.24) is 9.29 Å². The van der Waals surface area contributed by atoms with Crippen molar-refractivity contribution in [3.8, 4) is 17.5 Å². The molecule has 1 saturated heterocycles. The van der Waals surface area contributed by atoms with Gasteiger partial charge >= 0.3 is 0 Å². The minimum atomic E-state index is -3.52. The van der Waals surface area contributed by atoms with E-state index in [0.29, 0.717) is 42.3 Å². The monoisotopic (exact) mass is 416 g/mol. The number of nitrogens with zero attached hydrogens (tertiary/aromatic N) is 4. The molecule has 156 valence electrons. The topological polar surface area (TPSA) is 90.4 Å². The number of anilines is 1. The Labute approximate surface area is 173 Å². The predicted octanol–water partition coefficient (Wildman–Crippen LogP) is 3.73. The van der Waals surface area contributed by atoms with Crippen molar-refractivity contribution in [3.05, 3.63) is 30.0 Å². The van der Waals surface area contributed by atoms with Crippen molar-refractivity contribution >= 4 is 15.9 Å². The summed E-state index contributed by atoms with van der Waals surface area (Å²) < 4.78 is 32.7. The molecule has 0 amide bonds. The van der Waals surface area contributed by atoms with E-state index in [1.165, 1.54) is 4.31 Å². The fourth-order valence-electron chi connectivity index (χ4n) is 4.03. The predicted molar refractivity (Wildman–Crippen MR) is 112 cm³/mol. The standard InChI is InChI=1S/C21H28N4O3S/c1-5-25(6-2)29(26,27)18-9-7-17(8-10-18)20-23-19(12-22)21(28-20)24-13-15(3)11-16(4)14-24/h7-10,15-16H,5-6,11,13-14H2,1-4H3/t15-,16-/m0/s1. The van der Waals surface area contributed by atoms with E-state index >= 15 is 0 Å². The lowest BCUT2D eigenvalue weighted by molar-refractivity contribution is 0.344. The Morgan fingerprint density at radius 3 is 2.28 bits per heavy atom. The van der Waals surface area contributed by atoms with Gasteiger partial charge in [0.1, 0.15) is 6.07 Å². The van der Waals surface area contributed by atoms with Gasteiger partial charge in [0, 0.05) is 31.7 Å². The van der Waals surface area contributed by atoms with Crippen LogP contribution in [-0.4, -0.2) is 43.9 Å². The van der Waals surface area contributed by atoms with Crippen molar-refractivity contribution < 1.29 is 12.8 Å². The molecule has 2 atom stereocenters. The number of rotatable bonds is 6. The molecule has 0 aliphatic carbocycles. The molecule has 8 heteroatoms. The van der Waals surface area contributed by atoms with Gasteiger partial charge in [-0.15, -0.1) is 0 Å². The molecule has 1 aliphatic heterocycles. The number of nitriles is 1. The maximum Gasteiger partial charge on any atom is 0.243 e. The summed E-state index contributed by atoms with van der Waals surface area (Å²) >= 11 is 0. The summed E-state index contributed by atoms with van der Waals surface area (Å²) in [6.07, 6.45) is 1.15. The lowest BCUT2D eigenvalue weighted by atomic mass is 9.92. The summed E-state index contributed by atoms with van der Waals surface area (Å²) in [6.45, 7) is 10.5. The number of oxazole rings is 1. The molecule has 0 N–H and O–H groups in total. The van der Waals surface area contributed by atoms with Crippen LogP contribution >= 0.6 is 0 Å². The summed E-state index contributed by atoms with van der Waals surface area (Å²) in [7, 11) is -3.52. The molecular formula is C21H28N4O3S. The highest BCUT2D eigenvalue weighted by molar-refractivity contribution is 7.89. The largest absolute Gasteiger partial charge is 0.419 e. The average molecular weight is 417 g/mol. The van der Waals surface area contributed by atoms with Gasteiger partial charge in [-0.2, -0.15) is 14.6 Å². The fraction of sp³-hybridized carbons (Fsp3) is 0.524. The number of hydrogen-bond donors (Lipinski definition) is 0. The Kier molecular flexibility index (Phi) is 6.30. The average Bonchev–Trinajstić information content (AvgIpc) is 3.12. The van der Waals surface area contributed by atoms with Crippen LogP contribution in [0.3, 0.4) is 0 Å². The molecule has 2 heterocycles. The molecule has 2 aromatic rings. The van der Waals surface area contributed by atoms with Crippen molar-refractivity contribution in [2.24, 2.45) is 11.8 Å². The lowest BCUT2D eigenvalue weighted by Gasteiger charge is -2.34. The van der Waals surface area contributed by atoms with Crippen molar-refractivity contribution in [2.75, 3.05) is 31.1 Å². The second-order valence-corrected chi connectivity index (χ2v) is 9.69. The Hall–Kier alpha value is -2.37. The maximum absolute atomic E-state index is 12.7. The van der Waals surface area contributed by atoms with E-state index in [1.807, 2.05) is 13.8 Å². The first-order valence-electron chi connectivity index (χ1n) is 10.1. The van der Waals surface area contributed by atoms with Crippen LogP contribution in [0.1, 0.15) is 39.8 Å². The van der Waals surface area contributed by atoms with Crippen LogP contribution in [0.25, 0.3) is 11.5 Å².